The first kappa shape index (κ1) is 11.5. The van der Waals surface area contributed by atoms with Crippen LogP contribution in [-0.4, -0.2) is 26.7 Å². The predicted octanol–water partition coefficient (Wildman–Crippen LogP) is 0.165. The van der Waals surface area contributed by atoms with Crippen LogP contribution in [0, 0.1) is 0 Å². The normalized spacial score (nSPS) is 10.6. The number of amides is 1. The van der Waals surface area contributed by atoms with Crippen LogP contribution in [0.2, 0.25) is 0 Å². The molecule has 0 aliphatic rings. The topological polar surface area (TPSA) is 85.8 Å². The van der Waals surface area contributed by atoms with Crippen LogP contribution in [0.4, 0.5) is 5.95 Å². The number of carbonyl (C=O) groups excluding carboxylic acids is 1. The van der Waals surface area contributed by atoms with Crippen LogP contribution in [0.25, 0.3) is 0 Å². The number of anilines is 1. The maximum Gasteiger partial charge on any atom is 0.242 e. The summed E-state index contributed by atoms with van der Waals surface area (Å²) in [5.74, 6) is 0.124. The van der Waals surface area contributed by atoms with Crippen molar-refractivity contribution in [2.75, 3.05) is 5.73 Å². The quantitative estimate of drug-likeness (QED) is 0.726. The zero-order valence-corrected chi connectivity index (χ0v) is 9.10. The first-order valence-corrected chi connectivity index (χ1v) is 5.10. The summed E-state index contributed by atoms with van der Waals surface area (Å²) >= 11 is 0. The number of rotatable bonds is 5. The SMILES string of the molecule is CCC(CC)NC(=O)Cn1cnc(N)n1. The van der Waals surface area contributed by atoms with Crippen molar-refractivity contribution in [1.29, 1.82) is 0 Å². The minimum absolute atomic E-state index is 0.0615. The molecule has 0 aliphatic heterocycles. The van der Waals surface area contributed by atoms with Gasteiger partial charge in [-0.2, -0.15) is 0 Å². The summed E-state index contributed by atoms with van der Waals surface area (Å²) in [6, 6.07) is 0.235. The predicted molar refractivity (Wildman–Crippen MR) is 56.9 cm³/mol. The molecule has 6 nitrogen and oxygen atoms in total. The molecule has 0 atom stereocenters. The maximum absolute atomic E-state index is 11.5. The Balaban J connectivity index is 2.42. The van der Waals surface area contributed by atoms with Crippen LogP contribution in [0.5, 0.6) is 0 Å². The summed E-state index contributed by atoms with van der Waals surface area (Å²) in [6.45, 7) is 4.25. The Bertz CT molecular complexity index is 318. The molecule has 84 valence electrons. The summed E-state index contributed by atoms with van der Waals surface area (Å²) in [5, 5.41) is 6.74. The van der Waals surface area contributed by atoms with E-state index in [9.17, 15) is 4.79 Å². The van der Waals surface area contributed by atoms with Crippen LogP contribution in [0.3, 0.4) is 0 Å². The van der Waals surface area contributed by atoms with Gasteiger partial charge in [-0.25, -0.2) is 9.67 Å². The Morgan fingerprint density at radius 2 is 2.27 bits per heavy atom. The van der Waals surface area contributed by atoms with E-state index in [1.165, 1.54) is 11.0 Å². The lowest BCUT2D eigenvalue weighted by Crippen LogP contribution is -2.36. The highest BCUT2D eigenvalue weighted by Crippen LogP contribution is 1.96. The number of aromatic nitrogens is 3. The van der Waals surface area contributed by atoms with E-state index in [0.717, 1.165) is 12.8 Å². The molecule has 0 spiro atoms. The van der Waals surface area contributed by atoms with E-state index in [1.807, 2.05) is 13.8 Å². The van der Waals surface area contributed by atoms with Gasteiger partial charge < -0.3 is 11.1 Å². The van der Waals surface area contributed by atoms with Crippen LogP contribution in [-0.2, 0) is 11.3 Å². The molecule has 0 saturated carbocycles. The van der Waals surface area contributed by atoms with Crippen molar-refractivity contribution in [2.24, 2.45) is 0 Å². The third kappa shape index (κ3) is 3.57. The number of hydrogen-bond acceptors (Lipinski definition) is 4. The lowest BCUT2D eigenvalue weighted by Gasteiger charge is -2.14. The van der Waals surface area contributed by atoms with Crippen LogP contribution < -0.4 is 11.1 Å². The smallest absolute Gasteiger partial charge is 0.242 e. The van der Waals surface area contributed by atoms with Gasteiger partial charge in [0, 0.05) is 6.04 Å². The van der Waals surface area contributed by atoms with E-state index in [-0.39, 0.29) is 24.4 Å². The highest BCUT2D eigenvalue weighted by atomic mass is 16.2. The molecule has 0 aromatic carbocycles. The molecule has 1 aromatic rings. The monoisotopic (exact) mass is 211 g/mol. The van der Waals surface area contributed by atoms with Gasteiger partial charge in [0.25, 0.3) is 0 Å². The van der Waals surface area contributed by atoms with E-state index in [4.69, 9.17) is 5.73 Å². The lowest BCUT2D eigenvalue weighted by atomic mass is 10.2. The first-order chi connectivity index (χ1) is 7.15. The van der Waals surface area contributed by atoms with Gasteiger partial charge in [-0.3, -0.25) is 4.79 Å². The Kier molecular flexibility index (Phi) is 4.08. The molecule has 6 heteroatoms. The lowest BCUT2D eigenvalue weighted by molar-refractivity contribution is -0.122. The molecule has 0 fully saturated rings. The van der Waals surface area contributed by atoms with Gasteiger partial charge in [0.1, 0.15) is 12.9 Å². The van der Waals surface area contributed by atoms with Crippen LogP contribution in [0.15, 0.2) is 6.33 Å². The Labute approximate surface area is 88.9 Å². The third-order valence-corrected chi connectivity index (χ3v) is 2.21. The standard InChI is InChI=1S/C9H17N5O/c1-3-7(4-2)12-8(15)5-14-6-11-9(10)13-14/h6-7H,3-5H2,1-2H3,(H2,10,13)(H,12,15). The van der Waals surface area contributed by atoms with Crippen molar-refractivity contribution in [3.8, 4) is 0 Å². The number of hydrogen-bond donors (Lipinski definition) is 2. The van der Waals surface area contributed by atoms with Gasteiger partial charge in [0.15, 0.2) is 0 Å². The zero-order chi connectivity index (χ0) is 11.3. The van der Waals surface area contributed by atoms with E-state index in [0.29, 0.717) is 0 Å². The second-order valence-corrected chi connectivity index (χ2v) is 3.38. The summed E-state index contributed by atoms with van der Waals surface area (Å²) in [6.07, 6.45) is 3.31. The van der Waals surface area contributed by atoms with Crippen molar-refractivity contribution in [1.82, 2.24) is 20.1 Å². The number of nitrogens with zero attached hydrogens (tertiary/aromatic N) is 3. The van der Waals surface area contributed by atoms with E-state index < -0.39 is 0 Å². The molecule has 3 N–H and O–H groups in total. The highest BCUT2D eigenvalue weighted by Gasteiger charge is 2.09. The Hall–Kier alpha value is -1.59. The molecule has 15 heavy (non-hydrogen) atoms. The van der Waals surface area contributed by atoms with Crippen molar-refractivity contribution >= 4 is 11.9 Å². The largest absolute Gasteiger partial charge is 0.367 e. The van der Waals surface area contributed by atoms with Crippen molar-refractivity contribution < 1.29 is 4.79 Å². The molecule has 0 radical (unpaired) electrons. The summed E-state index contributed by atoms with van der Waals surface area (Å²) < 4.78 is 1.42. The summed E-state index contributed by atoms with van der Waals surface area (Å²) in [7, 11) is 0. The first-order valence-electron chi connectivity index (χ1n) is 5.10. The van der Waals surface area contributed by atoms with Crippen LogP contribution >= 0.6 is 0 Å². The maximum atomic E-state index is 11.5. The average molecular weight is 211 g/mol. The second kappa shape index (κ2) is 5.33. The molecule has 0 saturated heterocycles. The van der Waals surface area contributed by atoms with Gasteiger partial charge in [0.05, 0.1) is 0 Å². The van der Waals surface area contributed by atoms with Crippen molar-refractivity contribution in [3.63, 3.8) is 0 Å². The third-order valence-electron chi connectivity index (χ3n) is 2.21. The number of nitrogen functional groups attached to an aromatic ring is 1. The molecule has 1 heterocycles. The molecule has 1 amide bonds. The fourth-order valence-corrected chi connectivity index (χ4v) is 1.30. The number of nitrogens with one attached hydrogen (secondary N) is 1. The molecule has 1 rings (SSSR count). The van der Waals surface area contributed by atoms with Crippen molar-refractivity contribution in [2.45, 2.75) is 39.3 Å². The second-order valence-electron chi connectivity index (χ2n) is 3.38. The van der Waals surface area contributed by atoms with Gasteiger partial charge in [-0.05, 0) is 12.8 Å². The molecule has 1 aromatic heterocycles. The number of nitrogens with two attached hydrogens (primary N) is 1. The van der Waals surface area contributed by atoms with Gasteiger partial charge in [-0.15, -0.1) is 5.10 Å². The molecule has 0 aliphatic carbocycles. The minimum atomic E-state index is -0.0615. The zero-order valence-electron chi connectivity index (χ0n) is 9.10. The number of carbonyl (C=O) groups is 1. The van der Waals surface area contributed by atoms with Gasteiger partial charge in [0.2, 0.25) is 11.9 Å². The Morgan fingerprint density at radius 1 is 1.60 bits per heavy atom. The van der Waals surface area contributed by atoms with Gasteiger partial charge >= 0.3 is 0 Å². The van der Waals surface area contributed by atoms with Crippen molar-refractivity contribution in [3.05, 3.63) is 6.33 Å². The van der Waals surface area contributed by atoms with E-state index in [2.05, 4.69) is 15.4 Å². The molecular formula is C9H17N5O. The van der Waals surface area contributed by atoms with Crippen LogP contribution in [0.1, 0.15) is 26.7 Å². The van der Waals surface area contributed by atoms with E-state index >= 15 is 0 Å². The summed E-state index contributed by atoms with van der Waals surface area (Å²) in [4.78, 5) is 15.2. The van der Waals surface area contributed by atoms with Gasteiger partial charge in [-0.1, -0.05) is 13.8 Å². The highest BCUT2D eigenvalue weighted by molar-refractivity contribution is 5.75. The average Bonchev–Trinajstić information content (AvgIpc) is 2.60. The summed E-state index contributed by atoms with van der Waals surface area (Å²) in [5.41, 5.74) is 5.33. The molecule has 0 unspecified atom stereocenters. The van der Waals surface area contributed by atoms with E-state index in [1.54, 1.807) is 0 Å². The fourth-order valence-electron chi connectivity index (χ4n) is 1.30. The fraction of sp³-hybridized carbons (Fsp3) is 0.667. The molecule has 0 bridgehead atoms. The minimum Gasteiger partial charge on any atom is -0.367 e. The Morgan fingerprint density at radius 3 is 2.73 bits per heavy atom. The molecular weight excluding hydrogens is 194 g/mol.